The lowest BCUT2D eigenvalue weighted by atomic mass is 10.1. The number of thioether (sulfide) groups is 1. The van der Waals surface area contributed by atoms with Crippen LogP contribution in [0.2, 0.25) is 0 Å². The molecule has 24 heavy (non-hydrogen) atoms. The molecule has 0 spiro atoms. The Balaban J connectivity index is 1.68. The smallest absolute Gasteiger partial charge is 0.387 e. The Labute approximate surface area is 140 Å². The Morgan fingerprint density at radius 3 is 2.62 bits per heavy atom. The molecular weight excluding hydrogens is 334 g/mol. The van der Waals surface area contributed by atoms with Crippen LogP contribution in [0.25, 0.3) is 10.8 Å². The molecule has 4 nitrogen and oxygen atoms in total. The number of halogens is 2. The molecule has 0 radical (unpaired) electrons. The Bertz CT molecular complexity index is 851. The maximum Gasteiger partial charge on any atom is 0.387 e. The Morgan fingerprint density at radius 2 is 1.88 bits per heavy atom. The molecule has 0 bridgehead atoms. The van der Waals surface area contributed by atoms with Crippen LogP contribution in [0.5, 0.6) is 5.75 Å². The van der Waals surface area contributed by atoms with Crippen molar-refractivity contribution in [2.45, 2.75) is 11.6 Å². The fraction of sp³-hybridized carbons (Fsp3) is 0.118. The maximum absolute atomic E-state index is 12.2. The zero-order chi connectivity index (χ0) is 16.9. The highest BCUT2D eigenvalue weighted by atomic mass is 32.2. The highest BCUT2D eigenvalue weighted by Gasteiger charge is 2.11. The van der Waals surface area contributed by atoms with Crippen molar-refractivity contribution in [3.63, 3.8) is 0 Å². The summed E-state index contributed by atoms with van der Waals surface area (Å²) >= 11 is 1.29. The van der Waals surface area contributed by atoms with Crippen LogP contribution in [-0.4, -0.2) is 28.3 Å². The number of rotatable bonds is 6. The summed E-state index contributed by atoms with van der Waals surface area (Å²) in [4.78, 5) is 12.2. The molecule has 0 aliphatic heterocycles. The summed E-state index contributed by atoms with van der Waals surface area (Å²) in [6.07, 6.45) is 1.67. The van der Waals surface area contributed by atoms with Crippen molar-refractivity contribution in [1.82, 2.24) is 10.2 Å². The molecule has 1 heterocycles. The van der Waals surface area contributed by atoms with Gasteiger partial charge in [0.15, 0.2) is 5.78 Å². The molecular formula is C17H12F2N2O2S. The molecule has 0 amide bonds. The van der Waals surface area contributed by atoms with Crippen LogP contribution in [0.4, 0.5) is 8.78 Å². The number of carbonyl (C=O) groups excluding carboxylic acids is 1. The monoisotopic (exact) mass is 346 g/mol. The van der Waals surface area contributed by atoms with Crippen LogP contribution >= 0.6 is 11.8 Å². The molecule has 0 N–H and O–H groups in total. The van der Waals surface area contributed by atoms with Gasteiger partial charge in [-0.25, -0.2) is 0 Å². The molecule has 0 saturated carbocycles. The van der Waals surface area contributed by atoms with Gasteiger partial charge >= 0.3 is 6.61 Å². The lowest BCUT2D eigenvalue weighted by molar-refractivity contribution is -0.0498. The Morgan fingerprint density at radius 1 is 1.12 bits per heavy atom. The fourth-order valence-electron chi connectivity index (χ4n) is 2.15. The summed E-state index contributed by atoms with van der Waals surface area (Å²) in [6, 6.07) is 13.3. The first kappa shape index (κ1) is 16.3. The van der Waals surface area contributed by atoms with Crippen LogP contribution < -0.4 is 4.74 Å². The van der Waals surface area contributed by atoms with E-state index in [9.17, 15) is 13.6 Å². The number of hydrogen-bond donors (Lipinski definition) is 0. The SMILES string of the molecule is O=C(CSc1nncc2ccccc12)c1ccc(OC(F)F)cc1. The molecule has 0 aliphatic rings. The van der Waals surface area contributed by atoms with Crippen LogP contribution in [0.15, 0.2) is 59.8 Å². The molecule has 0 atom stereocenters. The molecule has 0 unspecified atom stereocenters. The van der Waals surface area contributed by atoms with E-state index in [2.05, 4.69) is 14.9 Å². The van der Waals surface area contributed by atoms with E-state index >= 15 is 0 Å². The fourth-order valence-corrected chi connectivity index (χ4v) is 3.03. The number of ketones is 1. The van der Waals surface area contributed by atoms with Crippen LogP contribution in [-0.2, 0) is 0 Å². The summed E-state index contributed by atoms with van der Waals surface area (Å²) in [6.45, 7) is -2.88. The summed E-state index contributed by atoms with van der Waals surface area (Å²) in [5, 5.41) is 10.6. The summed E-state index contributed by atoms with van der Waals surface area (Å²) in [7, 11) is 0. The molecule has 3 rings (SSSR count). The van der Waals surface area contributed by atoms with E-state index in [1.165, 1.54) is 36.0 Å². The normalized spacial score (nSPS) is 11.0. The van der Waals surface area contributed by atoms with Crippen molar-refractivity contribution in [1.29, 1.82) is 0 Å². The number of fused-ring (bicyclic) bond motifs is 1. The van der Waals surface area contributed by atoms with Gasteiger partial charge in [-0.2, -0.15) is 13.9 Å². The average molecular weight is 346 g/mol. The summed E-state index contributed by atoms with van der Waals surface area (Å²) in [5.74, 6) is 0.0741. The highest BCUT2D eigenvalue weighted by molar-refractivity contribution is 8.00. The van der Waals surface area contributed by atoms with Crippen molar-refractivity contribution < 1.29 is 18.3 Å². The van der Waals surface area contributed by atoms with Gasteiger partial charge in [0, 0.05) is 16.3 Å². The number of aromatic nitrogens is 2. The topological polar surface area (TPSA) is 52.1 Å². The highest BCUT2D eigenvalue weighted by Crippen LogP contribution is 2.25. The first-order valence-corrected chi connectivity index (χ1v) is 8.03. The van der Waals surface area contributed by atoms with Gasteiger partial charge in [-0.15, -0.1) is 5.10 Å². The third kappa shape index (κ3) is 3.86. The standard InChI is InChI=1S/C17H12F2N2O2S/c18-17(19)23-13-7-5-11(6-8-13)15(22)10-24-16-14-4-2-1-3-12(14)9-20-21-16/h1-9,17H,10H2. The molecule has 0 fully saturated rings. The lowest BCUT2D eigenvalue weighted by Crippen LogP contribution is -2.05. The van der Waals surface area contributed by atoms with E-state index in [0.717, 1.165) is 10.8 Å². The minimum Gasteiger partial charge on any atom is -0.435 e. The number of hydrogen-bond acceptors (Lipinski definition) is 5. The zero-order valence-corrected chi connectivity index (χ0v) is 13.2. The molecule has 3 aromatic rings. The molecule has 0 saturated heterocycles. The quantitative estimate of drug-likeness (QED) is 0.494. The predicted molar refractivity (Wildman–Crippen MR) is 87.7 cm³/mol. The van der Waals surface area contributed by atoms with Crippen molar-refractivity contribution in [2.24, 2.45) is 0 Å². The Hall–Kier alpha value is -2.54. The largest absolute Gasteiger partial charge is 0.435 e. The average Bonchev–Trinajstić information content (AvgIpc) is 2.59. The molecule has 7 heteroatoms. The van der Waals surface area contributed by atoms with Crippen molar-refractivity contribution in [3.05, 3.63) is 60.3 Å². The third-order valence-corrected chi connectivity index (χ3v) is 4.26. The third-order valence-electron chi connectivity index (χ3n) is 3.28. The second-order valence-electron chi connectivity index (χ2n) is 4.85. The van der Waals surface area contributed by atoms with Gasteiger partial charge in [-0.3, -0.25) is 4.79 Å². The van der Waals surface area contributed by atoms with Gasteiger partial charge in [0.05, 0.1) is 11.9 Å². The number of benzene rings is 2. The van der Waals surface area contributed by atoms with E-state index in [1.807, 2.05) is 24.3 Å². The van der Waals surface area contributed by atoms with E-state index in [1.54, 1.807) is 6.20 Å². The number of ether oxygens (including phenoxy) is 1. The number of alkyl halides is 2. The van der Waals surface area contributed by atoms with Gasteiger partial charge in [0.25, 0.3) is 0 Å². The summed E-state index contributed by atoms with van der Waals surface area (Å²) in [5.41, 5.74) is 0.428. The van der Waals surface area contributed by atoms with Gasteiger partial charge in [0.2, 0.25) is 0 Å². The van der Waals surface area contributed by atoms with Crippen LogP contribution in [0.1, 0.15) is 10.4 Å². The van der Waals surface area contributed by atoms with E-state index in [-0.39, 0.29) is 17.3 Å². The van der Waals surface area contributed by atoms with Gasteiger partial charge in [-0.05, 0) is 24.3 Å². The van der Waals surface area contributed by atoms with Gasteiger partial charge < -0.3 is 4.74 Å². The number of Topliss-reactive ketones (excluding diaryl/α,β-unsaturated/α-hetero) is 1. The first-order chi connectivity index (χ1) is 11.6. The van der Waals surface area contributed by atoms with Crippen LogP contribution in [0.3, 0.4) is 0 Å². The minimum atomic E-state index is -2.88. The van der Waals surface area contributed by atoms with Crippen molar-refractivity contribution in [2.75, 3.05) is 5.75 Å². The number of nitrogens with zero attached hydrogens (tertiary/aromatic N) is 2. The first-order valence-electron chi connectivity index (χ1n) is 7.05. The maximum atomic E-state index is 12.2. The Kier molecular flexibility index (Phi) is 5.00. The predicted octanol–water partition coefficient (Wildman–Crippen LogP) is 4.21. The van der Waals surface area contributed by atoms with E-state index in [4.69, 9.17) is 0 Å². The zero-order valence-electron chi connectivity index (χ0n) is 12.4. The lowest BCUT2D eigenvalue weighted by Gasteiger charge is -2.06. The molecule has 2 aromatic carbocycles. The van der Waals surface area contributed by atoms with Crippen LogP contribution in [0, 0.1) is 0 Å². The molecule has 122 valence electrons. The summed E-state index contributed by atoms with van der Waals surface area (Å²) < 4.78 is 28.5. The van der Waals surface area contributed by atoms with E-state index in [0.29, 0.717) is 10.6 Å². The molecule has 0 aliphatic carbocycles. The van der Waals surface area contributed by atoms with Crippen molar-refractivity contribution in [3.8, 4) is 5.75 Å². The van der Waals surface area contributed by atoms with Gasteiger partial charge in [0.1, 0.15) is 10.8 Å². The minimum absolute atomic E-state index is 0.0223. The van der Waals surface area contributed by atoms with Gasteiger partial charge in [-0.1, -0.05) is 36.0 Å². The number of carbonyl (C=O) groups is 1. The molecule has 1 aromatic heterocycles. The second-order valence-corrected chi connectivity index (χ2v) is 5.82. The van der Waals surface area contributed by atoms with E-state index < -0.39 is 6.61 Å². The van der Waals surface area contributed by atoms with Crippen molar-refractivity contribution >= 4 is 28.3 Å². The second kappa shape index (κ2) is 7.35.